The highest BCUT2D eigenvalue weighted by molar-refractivity contribution is 7.89. The van der Waals surface area contributed by atoms with Crippen molar-refractivity contribution in [1.29, 1.82) is 0 Å². The van der Waals surface area contributed by atoms with Crippen molar-refractivity contribution < 1.29 is 12.6 Å². The molecule has 0 bridgehead atoms. The molecule has 1 aliphatic heterocycles. The first-order valence-electron chi connectivity index (χ1n) is 6.74. The van der Waals surface area contributed by atoms with Gasteiger partial charge in [0, 0.05) is 42.4 Å². The minimum Gasteiger partial charge on any atom is -0.397 e. The third kappa shape index (κ3) is 3.75. The maximum atomic E-state index is 12.0. The van der Waals surface area contributed by atoms with E-state index in [0.717, 1.165) is 22.8 Å². The lowest BCUT2D eigenvalue weighted by molar-refractivity contribution is 0.521. The predicted octanol–water partition coefficient (Wildman–Crippen LogP) is 0.842. The zero-order chi connectivity index (χ0) is 15.6. The molecule has 8 heteroatoms. The van der Waals surface area contributed by atoms with Crippen molar-refractivity contribution in [1.82, 2.24) is 4.31 Å². The maximum absolute atomic E-state index is 12.0. The highest BCUT2D eigenvalue weighted by Gasteiger charge is 2.20. The Bertz CT molecular complexity index is 634. The van der Waals surface area contributed by atoms with Gasteiger partial charge in [0.1, 0.15) is 0 Å². The summed E-state index contributed by atoms with van der Waals surface area (Å²) in [6.45, 7) is 0. The van der Waals surface area contributed by atoms with Crippen molar-refractivity contribution >= 4 is 32.2 Å². The molecule has 1 aliphatic rings. The van der Waals surface area contributed by atoms with Gasteiger partial charge in [-0.25, -0.2) is 12.7 Å². The van der Waals surface area contributed by atoms with Crippen molar-refractivity contribution in [2.45, 2.75) is 23.8 Å². The smallest absolute Gasteiger partial charge is 0.242 e. The second-order valence-corrected chi connectivity index (χ2v) is 9.15. The summed E-state index contributed by atoms with van der Waals surface area (Å²) in [5.74, 6) is 1.40. The fourth-order valence-electron chi connectivity index (χ4n) is 2.20. The van der Waals surface area contributed by atoms with Crippen molar-refractivity contribution in [3.8, 4) is 0 Å². The highest BCUT2D eigenvalue weighted by Crippen LogP contribution is 2.26. The molecule has 1 heterocycles. The van der Waals surface area contributed by atoms with Gasteiger partial charge < -0.3 is 11.1 Å². The first-order valence-corrected chi connectivity index (χ1v) is 9.67. The second-order valence-electron chi connectivity index (χ2n) is 5.30. The number of benzene rings is 1. The summed E-state index contributed by atoms with van der Waals surface area (Å²) in [6.07, 6.45) is 1.67. The summed E-state index contributed by atoms with van der Waals surface area (Å²) in [4.78, 5) is 0.181. The summed E-state index contributed by atoms with van der Waals surface area (Å²) in [5, 5.41) is 3.31. The average molecular weight is 331 g/mol. The van der Waals surface area contributed by atoms with Crippen LogP contribution in [0, 0.1) is 0 Å². The van der Waals surface area contributed by atoms with Gasteiger partial charge in [0.15, 0.2) is 0 Å². The van der Waals surface area contributed by atoms with E-state index < -0.39 is 20.8 Å². The lowest BCUT2D eigenvalue weighted by Crippen LogP contribution is -2.29. The first kappa shape index (κ1) is 16.3. The van der Waals surface area contributed by atoms with Crippen LogP contribution in [-0.4, -0.2) is 48.6 Å². The van der Waals surface area contributed by atoms with Gasteiger partial charge in [-0.05, 0) is 31.0 Å². The van der Waals surface area contributed by atoms with Gasteiger partial charge in [0.2, 0.25) is 10.0 Å². The van der Waals surface area contributed by atoms with Crippen LogP contribution in [0.2, 0.25) is 0 Å². The van der Waals surface area contributed by atoms with Gasteiger partial charge in [-0.1, -0.05) is 0 Å². The van der Waals surface area contributed by atoms with Crippen LogP contribution in [-0.2, 0) is 20.8 Å². The molecule has 1 aromatic carbocycles. The van der Waals surface area contributed by atoms with Crippen molar-refractivity contribution in [3.63, 3.8) is 0 Å². The van der Waals surface area contributed by atoms with Gasteiger partial charge in [-0.3, -0.25) is 4.21 Å². The van der Waals surface area contributed by atoms with Crippen molar-refractivity contribution in [2.75, 3.05) is 36.7 Å². The lowest BCUT2D eigenvalue weighted by Gasteiger charge is -2.24. The van der Waals surface area contributed by atoms with Crippen LogP contribution in [0.4, 0.5) is 11.4 Å². The topological polar surface area (TPSA) is 92.5 Å². The summed E-state index contributed by atoms with van der Waals surface area (Å²) in [7, 11) is -1.20. The van der Waals surface area contributed by atoms with Crippen LogP contribution >= 0.6 is 0 Å². The molecule has 2 rings (SSSR count). The molecule has 1 aromatic rings. The lowest BCUT2D eigenvalue weighted by atomic mass is 10.1. The molecule has 21 heavy (non-hydrogen) atoms. The quantitative estimate of drug-likeness (QED) is 0.798. The fraction of sp³-hybridized carbons (Fsp3) is 0.538. The van der Waals surface area contributed by atoms with Gasteiger partial charge in [-0.2, -0.15) is 0 Å². The Hall–Kier alpha value is -1.12. The van der Waals surface area contributed by atoms with E-state index in [1.165, 1.54) is 20.2 Å². The van der Waals surface area contributed by atoms with Crippen LogP contribution in [0.3, 0.4) is 0 Å². The molecule has 0 atom stereocenters. The predicted molar refractivity (Wildman–Crippen MR) is 86.2 cm³/mol. The summed E-state index contributed by atoms with van der Waals surface area (Å²) in [5.41, 5.74) is 7.09. The molecule has 0 spiro atoms. The van der Waals surface area contributed by atoms with E-state index in [9.17, 15) is 12.6 Å². The number of nitrogens with zero attached hydrogens (tertiary/aromatic N) is 1. The molecule has 0 saturated carbocycles. The Morgan fingerprint density at radius 1 is 1.29 bits per heavy atom. The van der Waals surface area contributed by atoms with Crippen LogP contribution < -0.4 is 11.1 Å². The summed E-state index contributed by atoms with van der Waals surface area (Å²) < 4.78 is 36.6. The molecule has 0 aromatic heterocycles. The fourth-order valence-corrected chi connectivity index (χ4v) is 4.44. The van der Waals surface area contributed by atoms with E-state index in [1.807, 2.05) is 0 Å². The van der Waals surface area contributed by atoms with E-state index in [0.29, 0.717) is 17.2 Å². The zero-order valence-corrected chi connectivity index (χ0v) is 13.8. The number of rotatable bonds is 4. The van der Waals surface area contributed by atoms with Gasteiger partial charge in [0.05, 0.1) is 16.3 Å². The molecule has 1 saturated heterocycles. The number of anilines is 2. The van der Waals surface area contributed by atoms with Gasteiger partial charge in [-0.15, -0.1) is 0 Å². The SMILES string of the molecule is CN(C)S(=O)(=O)c1ccc(NC2CCS(=O)CC2)c(N)c1. The Balaban J connectivity index is 2.15. The summed E-state index contributed by atoms with van der Waals surface area (Å²) in [6, 6.07) is 4.95. The number of hydrogen-bond acceptors (Lipinski definition) is 5. The van der Waals surface area contributed by atoms with E-state index in [2.05, 4.69) is 5.32 Å². The van der Waals surface area contributed by atoms with Gasteiger partial charge >= 0.3 is 0 Å². The Labute approximate surface area is 128 Å². The largest absolute Gasteiger partial charge is 0.397 e. The standard InChI is InChI=1S/C13H21N3O3S2/c1-16(2)21(18,19)11-3-4-13(12(14)9-11)15-10-5-7-20(17)8-6-10/h3-4,9-10,15H,5-8,14H2,1-2H3. The number of nitrogen functional groups attached to an aromatic ring is 1. The van der Waals surface area contributed by atoms with Crippen LogP contribution in [0.1, 0.15) is 12.8 Å². The minimum atomic E-state index is -3.47. The molecule has 0 aliphatic carbocycles. The number of nitrogens with one attached hydrogen (secondary N) is 1. The molecule has 1 fully saturated rings. The number of hydrogen-bond donors (Lipinski definition) is 2. The van der Waals surface area contributed by atoms with Crippen LogP contribution in [0.5, 0.6) is 0 Å². The van der Waals surface area contributed by atoms with E-state index in [1.54, 1.807) is 12.1 Å². The number of sulfonamides is 1. The Morgan fingerprint density at radius 2 is 1.90 bits per heavy atom. The molecule has 118 valence electrons. The third-order valence-electron chi connectivity index (χ3n) is 3.55. The van der Waals surface area contributed by atoms with E-state index in [4.69, 9.17) is 5.73 Å². The van der Waals surface area contributed by atoms with Crippen LogP contribution in [0.25, 0.3) is 0 Å². The molecular formula is C13H21N3O3S2. The van der Waals surface area contributed by atoms with E-state index in [-0.39, 0.29) is 10.9 Å². The molecule has 6 nitrogen and oxygen atoms in total. The highest BCUT2D eigenvalue weighted by atomic mass is 32.2. The van der Waals surface area contributed by atoms with Gasteiger partial charge in [0.25, 0.3) is 0 Å². The second kappa shape index (κ2) is 6.33. The Kier molecular flexibility index (Phi) is 4.90. The monoisotopic (exact) mass is 331 g/mol. The molecule has 0 amide bonds. The minimum absolute atomic E-state index is 0.181. The normalized spacial score (nSPS) is 23.2. The number of nitrogens with two attached hydrogens (primary N) is 1. The zero-order valence-electron chi connectivity index (χ0n) is 12.2. The first-order chi connectivity index (χ1) is 9.80. The van der Waals surface area contributed by atoms with Crippen molar-refractivity contribution in [3.05, 3.63) is 18.2 Å². The van der Waals surface area contributed by atoms with Crippen molar-refractivity contribution in [2.24, 2.45) is 0 Å². The molecule has 0 unspecified atom stereocenters. The molecule has 0 radical (unpaired) electrons. The van der Waals surface area contributed by atoms with Crippen LogP contribution in [0.15, 0.2) is 23.1 Å². The molecule has 3 N–H and O–H groups in total. The molecular weight excluding hydrogens is 310 g/mol. The summed E-state index contributed by atoms with van der Waals surface area (Å²) >= 11 is 0. The van der Waals surface area contributed by atoms with E-state index >= 15 is 0 Å². The maximum Gasteiger partial charge on any atom is 0.242 e. The average Bonchev–Trinajstić information content (AvgIpc) is 2.43. The Morgan fingerprint density at radius 3 is 2.43 bits per heavy atom. The third-order valence-corrected chi connectivity index (χ3v) is 6.74.